The Morgan fingerprint density at radius 2 is 1.53 bits per heavy atom. The molecule has 2 nitrogen and oxygen atoms in total. The summed E-state index contributed by atoms with van der Waals surface area (Å²) in [6.07, 6.45) is 0.732. The third-order valence-electron chi connectivity index (χ3n) is 2.84. The van der Waals surface area contributed by atoms with Gasteiger partial charge < -0.3 is 5.32 Å². The lowest BCUT2D eigenvalue weighted by molar-refractivity contribution is -0.110. The Kier molecular flexibility index (Phi) is 3.55. The van der Waals surface area contributed by atoms with E-state index in [-0.39, 0.29) is 6.04 Å². The van der Waals surface area contributed by atoms with Crippen molar-refractivity contribution in [2.75, 3.05) is 0 Å². The second-order valence-electron chi connectivity index (χ2n) is 3.99. The zero-order valence-corrected chi connectivity index (χ0v) is 9.76. The molecule has 2 aromatic rings. The summed E-state index contributed by atoms with van der Waals surface area (Å²) in [6.45, 7) is 1.96. The standard InChI is InChI=1S/C15H15NO/c1-12(16-11-17)13-7-9-15(10-8-13)14-5-3-2-4-6-14/h2-12H,1H3,(H,16,17). The van der Waals surface area contributed by atoms with Gasteiger partial charge in [0.25, 0.3) is 0 Å². The van der Waals surface area contributed by atoms with Crippen molar-refractivity contribution in [3.8, 4) is 11.1 Å². The Hall–Kier alpha value is -2.09. The van der Waals surface area contributed by atoms with Crippen molar-refractivity contribution < 1.29 is 4.79 Å². The third kappa shape index (κ3) is 2.72. The van der Waals surface area contributed by atoms with Crippen LogP contribution in [0.2, 0.25) is 0 Å². The first-order valence-electron chi connectivity index (χ1n) is 5.66. The molecule has 2 rings (SSSR count). The highest BCUT2D eigenvalue weighted by atomic mass is 16.1. The molecule has 1 amide bonds. The molecule has 86 valence electrons. The number of carbonyl (C=O) groups is 1. The number of hydrogen-bond acceptors (Lipinski definition) is 1. The number of carbonyl (C=O) groups excluding carboxylic acids is 1. The van der Waals surface area contributed by atoms with Gasteiger partial charge in [-0.1, -0.05) is 54.6 Å². The van der Waals surface area contributed by atoms with Gasteiger partial charge in [0.1, 0.15) is 0 Å². The highest BCUT2D eigenvalue weighted by Gasteiger charge is 2.03. The van der Waals surface area contributed by atoms with Crippen molar-refractivity contribution in [3.63, 3.8) is 0 Å². The summed E-state index contributed by atoms with van der Waals surface area (Å²) in [5.74, 6) is 0. The summed E-state index contributed by atoms with van der Waals surface area (Å²) in [5.41, 5.74) is 3.50. The van der Waals surface area contributed by atoms with Gasteiger partial charge in [-0.3, -0.25) is 4.79 Å². The van der Waals surface area contributed by atoms with Crippen LogP contribution in [0.1, 0.15) is 18.5 Å². The highest BCUT2D eigenvalue weighted by Crippen LogP contribution is 2.21. The monoisotopic (exact) mass is 225 g/mol. The molecule has 0 bridgehead atoms. The van der Waals surface area contributed by atoms with Crippen LogP contribution in [-0.2, 0) is 4.79 Å². The second-order valence-corrected chi connectivity index (χ2v) is 3.99. The van der Waals surface area contributed by atoms with Crippen molar-refractivity contribution in [2.24, 2.45) is 0 Å². The molecule has 0 spiro atoms. The lowest BCUT2D eigenvalue weighted by Gasteiger charge is -2.11. The van der Waals surface area contributed by atoms with Crippen LogP contribution < -0.4 is 5.32 Å². The van der Waals surface area contributed by atoms with E-state index in [1.54, 1.807) is 0 Å². The zero-order valence-electron chi connectivity index (χ0n) is 9.76. The van der Waals surface area contributed by atoms with E-state index >= 15 is 0 Å². The minimum atomic E-state index is 0.0531. The molecule has 0 saturated heterocycles. The minimum absolute atomic E-state index is 0.0531. The van der Waals surface area contributed by atoms with Gasteiger partial charge in [0.15, 0.2) is 0 Å². The first kappa shape index (κ1) is 11.4. The molecule has 2 aromatic carbocycles. The molecule has 0 fully saturated rings. The number of hydrogen-bond donors (Lipinski definition) is 1. The van der Waals surface area contributed by atoms with Crippen molar-refractivity contribution >= 4 is 6.41 Å². The van der Waals surface area contributed by atoms with Crippen molar-refractivity contribution in [1.82, 2.24) is 5.32 Å². The first-order chi connectivity index (χ1) is 8.31. The van der Waals surface area contributed by atoms with Crippen molar-refractivity contribution in [1.29, 1.82) is 0 Å². The van der Waals surface area contributed by atoms with Gasteiger partial charge in [-0.25, -0.2) is 0 Å². The average Bonchev–Trinajstić information content (AvgIpc) is 2.40. The maximum absolute atomic E-state index is 10.4. The molecule has 0 saturated carbocycles. The maximum Gasteiger partial charge on any atom is 0.207 e. The SMILES string of the molecule is CC(NC=O)c1ccc(-c2ccccc2)cc1. The molecule has 0 aliphatic carbocycles. The van der Waals surface area contributed by atoms with Gasteiger partial charge >= 0.3 is 0 Å². The molecule has 1 unspecified atom stereocenters. The van der Waals surface area contributed by atoms with Crippen molar-refractivity contribution in [3.05, 3.63) is 60.2 Å². The van der Waals surface area contributed by atoms with Crippen LogP contribution in [0.3, 0.4) is 0 Å². The fraction of sp³-hybridized carbons (Fsp3) is 0.133. The smallest absolute Gasteiger partial charge is 0.207 e. The topological polar surface area (TPSA) is 29.1 Å². The highest BCUT2D eigenvalue weighted by molar-refractivity contribution is 5.63. The Labute approximate surface area is 101 Å². The van der Waals surface area contributed by atoms with Crippen LogP contribution in [0.4, 0.5) is 0 Å². The lowest BCUT2D eigenvalue weighted by atomic mass is 10.0. The number of amides is 1. The molecular weight excluding hydrogens is 210 g/mol. The Balaban J connectivity index is 2.21. The predicted molar refractivity (Wildman–Crippen MR) is 69.5 cm³/mol. The quantitative estimate of drug-likeness (QED) is 0.796. The molecule has 0 aliphatic heterocycles. The Bertz CT molecular complexity index is 476. The fourth-order valence-electron chi connectivity index (χ4n) is 1.79. The largest absolute Gasteiger partial charge is 0.352 e. The summed E-state index contributed by atoms with van der Waals surface area (Å²) in [7, 11) is 0. The zero-order chi connectivity index (χ0) is 12.1. The van der Waals surface area contributed by atoms with Crippen molar-refractivity contribution in [2.45, 2.75) is 13.0 Å². The molecule has 17 heavy (non-hydrogen) atoms. The number of rotatable bonds is 4. The summed E-state index contributed by atoms with van der Waals surface area (Å²) < 4.78 is 0. The van der Waals surface area contributed by atoms with Crippen LogP contribution in [-0.4, -0.2) is 6.41 Å². The third-order valence-corrected chi connectivity index (χ3v) is 2.84. The van der Waals surface area contributed by atoms with E-state index in [1.807, 2.05) is 37.3 Å². The van der Waals surface area contributed by atoms with E-state index in [9.17, 15) is 4.79 Å². The van der Waals surface area contributed by atoms with Gasteiger partial charge in [0.05, 0.1) is 6.04 Å². The van der Waals surface area contributed by atoms with Gasteiger partial charge in [0.2, 0.25) is 6.41 Å². The molecule has 0 aromatic heterocycles. The fourth-order valence-corrected chi connectivity index (χ4v) is 1.79. The predicted octanol–water partition coefficient (Wildman–Crippen LogP) is 3.16. The van der Waals surface area contributed by atoms with Crippen LogP contribution in [0.25, 0.3) is 11.1 Å². The van der Waals surface area contributed by atoms with Crippen LogP contribution >= 0.6 is 0 Å². The van der Waals surface area contributed by atoms with E-state index in [1.165, 1.54) is 11.1 Å². The first-order valence-corrected chi connectivity index (χ1v) is 5.66. The van der Waals surface area contributed by atoms with Gasteiger partial charge in [-0.05, 0) is 23.6 Å². The van der Waals surface area contributed by atoms with Crippen LogP contribution in [0.5, 0.6) is 0 Å². The number of nitrogens with one attached hydrogen (secondary N) is 1. The maximum atomic E-state index is 10.4. The second kappa shape index (κ2) is 5.30. The van der Waals surface area contributed by atoms with E-state index < -0.39 is 0 Å². The van der Waals surface area contributed by atoms with E-state index in [0.29, 0.717) is 0 Å². The Morgan fingerprint density at radius 1 is 0.941 bits per heavy atom. The summed E-state index contributed by atoms with van der Waals surface area (Å²) in [4.78, 5) is 10.4. The molecule has 0 aliphatic rings. The molecule has 0 radical (unpaired) electrons. The van der Waals surface area contributed by atoms with Gasteiger partial charge in [-0.15, -0.1) is 0 Å². The van der Waals surface area contributed by atoms with Crippen LogP contribution in [0.15, 0.2) is 54.6 Å². The lowest BCUT2D eigenvalue weighted by Crippen LogP contribution is -2.15. The summed E-state index contributed by atoms with van der Waals surface area (Å²) in [5, 5.41) is 2.74. The molecule has 2 heteroatoms. The molecule has 1 atom stereocenters. The normalized spacial score (nSPS) is 11.8. The van der Waals surface area contributed by atoms with E-state index in [0.717, 1.165) is 12.0 Å². The van der Waals surface area contributed by atoms with Crippen LogP contribution in [0, 0.1) is 0 Å². The average molecular weight is 225 g/mol. The summed E-state index contributed by atoms with van der Waals surface area (Å²) >= 11 is 0. The van der Waals surface area contributed by atoms with E-state index in [4.69, 9.17) is 0 Å². The Morgan fingerprint density at radius 3 is 2.12 bits per heavy atom. The van der Waals surface area contributed by atoms with Gasteiger partial charge in [-0.2, -0.15) is 0 Å². The number of benzene rings is 2. The molecule has 1 N–H and O–H groups in total. The molecular formula is C15H15NO. The van der Waals surface area contributed by atoms with E-state index in [2.05, 4.69) is 29.6 Å². The van der Waals surface area contributed by atoms with Gasteiger partial charge in [0, 0.05) is 0 Å². The minimum Gasteiger partial charge on any atom is -0.352 e. The molecule has 0 heterocycles. The summed E-state index contributed by atoms with van der Waals surface area (Å²) in [6, 6.07) is 18.5.